The third-order valence-electron chi connectivity index (χ3n) is 2.39. The molecule has 0 spiro atoms. The van der Waals surface area contributed by atoms with E-state index in [1.54, 1.807) is 0 Å². The second-order valence-corrected chi connectivity index (χ2v) is 4.56. The Morgan fingerprint density at radius 2 is 1.79 bits per heavy atom. The minimum Gasteiger partial charge on any atom is -0.504 e. The molecule has 19 heavy (non-hydrogen) atoms. The zero-order valence-electron chi connectivity index (χ0n) is 9.43. The van der Waals surface area contributed by atoms with Crippen LogP contribution >= 0.6 is 15.9 Å². The van der Waals surface area contributed by atoms with Gasteiger partial charge in [-0.05, 0) is 12.1 Å². The highest BCUT2D eigenvalue weighted by Gasteiger charge is 2.62. The van der Waals surface area contributed by atoms with E-state index >= 15 is 0 Å². The number of rotatable bonds is 3. The van der Waals surface area contributed by atoms with Crippen molar-refractivity contribution in [3.05, 3.63) is 22.2 Å². The summed E-state index contributed by atoms with van der Waals surface area (Å²) in [5.41, 5.74) is 4.18. The summed E-state index contributed by atoms with van der Waals surface area (Å²) in [6, 6.07) is -0.668. The Kier molecular flexibility index (Phi) is 4.30. The quantitative estimate of drug-likeness (QED) is 0.822. The van der Waals surface area contributed by atoms with Crippen molar-refractivity contribution in [1.82, 2.24) is 0 Å². The number of hydrogen-bond donors (Lipinski definition) is 2. The number of aromatic hydroxyl groups is 1. The van der Waals surface area contributed by atoms with Crippen LogP contribution in [0.15, 0.2) is 16.6 Å². The second-order valence-electron chi connectivity index (χ2n) is 3.64. The van der Waals surface area contributed by atoms with E-state index in [4.69, 9.17) is 5.73 Å². The van der Waals surface area contributed by atoms with Crippen LogP contribution in [-0.4, -0.2) is 24.3 Å². The van der Waals surface area contributed by atoms with E-state index in [0.717, 1.165) is 13.2 Å². The fraction of sp³-hybridized carbons (Fsp3) is 0.400. The predicted molar refractivity (Wildman–Crippen MR) is 60.3 cm³/mol. The zero-order chi connectivity index (χ0) is 15.0. The van der Waals surface area contributed by atoms with Gasteiger partial charge in [-0.2, -0.15) is 22.0 Å². The Morgan fingerprint density at radius 1 is 1.26 bits per heavy atom. The van der Waals surface area contributed by atoms with Gasteiger partial charge in [0.25, 0.3) is 0 Å². The van der Waals surface area contributed by atoms with E-state index in [0.29, 0.717) is 0 Å². The summed E-state index contributed by atoms with van der Waals surface area (Å²) in [5, 5.41) is 9.59. The van der Waals surface area contributed by atoms with Gasteiger partial charge in [0.1, 0.15) is 6.04 Å². The van der Waals surface area contributed by atoms with Crippen molar-refractivity contribution in [3.63, 3.8) is 0 Å². The summed E-state index contributed by atoms with van der Waals surface area (Å²) in [6.45, 7) is 0. The van der Waals surface area contributed by atoms with E-state index in [1.165, 1.54) is 6.07 Å². The lowest BCUT2D eigenvalue weighted by Gasteiger charge is -2.26. The lowest BCUT2D eigenvalue weighted by atomic mass is 9.99. The first kappa shape index (κ1) is 16.0. The average molecular weight is 350 g/mol. The normalized spacial score (nSPS) is 14.3. The van der Waals surface area contributed by atoms with Crippen molar-refractivity contribution in [2.24, 2.45) is 5.73 Å². The molecule has 0 bridgehead atoms. The number of alkyl halides is 5. The number of phenols is 1. The van der Waals surface area contributed by atoms with Crippen LogP contribution in [0.25, 0.3) is 0 Å². The molecule has 3 nitrogen and oxygen atoms in total. The van der Waals surface area contributed by atoms with E-state index < -0.39 is 29.5 Å². The summed E-state index contributed by atoms with van der Waals surface area (Å²) in [6.07, 6.45) is -5.82. The van der Waals surface area contributed by atoms with Gasteiger partial charge >= 0.3 is 12.1 Å². The maximum absolute atomic E-state index is 13.1. The summed E-state index contributed by atoms with van der Waals surface area (Å²) in [4.78, 5) is 0. The van der Waals surface area contributed by atoms with Crippen LogP contribution in [0.3, 0.4) is 0 Å². The maximum atomic E-state index is 13.1. The molecule has 0 aromatic heterocycles. The van der Waals surface area contributed by atoms with E-state index in [9.17, 15) is 27.1 Å². The highest BCUT2D eigenvalue weighted by atomic mass is 79.9. The van der Waals surface area contributed by atoms with E-state index in [2.05, 4.69) is 20.7 Å². The van der Waals surface area contributed by atoms with Crippen LogP contribution in [0.4, 0.5) is 22.0 Å². The highest BCUT2D eigenvalue weighted by molar-refractivity contribution is 9.10. The molecular formula is C10H9BrF5NO2. The fourth-order valence-corrected chi connectivity index (χ4v) is 1.81. The molecule has 1 rings (SSSR count). The van der Waals surface area contributed by atoms with Gasteiger partial charge in [-0.15, -0.1) is 0 Å². The van der Waals surface area contributed by atoms with Crippen LogP contribution in [0, 0.1) is 0 Å². The first-order valence-electron chi connectivity index (χ1n) is 4.79. The Labute approximate surface area is 113 Å². The number of ether oxygens (including phenoxy) is 1. The van der Waals surface area contributed by atoms with Crippen molar-refractivity contribution in [3.8, 4) is 11.5 Å². The molecule has 0 radical (unpaired) electrons. The lowest BCUT2D eigenvalue weighted by molar-refractivity contribution is -0.291. The lowest BCUT2D eigenvalue weighted by Crippen LogP contribution is -2.45. The topological polar surface area (TPSA) is 55.5 Å². The highest BCUT2D eigenvalue weighted by Crippen LogP contribution is 2.47. The number of methoxy groups -OCH3 is 1. The third kappa shape index (κ3) is 2.92. The van der Waals surface area contributed by atoms with Gasteiger partial charge in [0.05, 0.1) is 7.11 Å². The van der Waals surface area contributed by atoms with Gasteiger partial charge in [-0.3, -0.25) is 0 Å². The molecular weight excluding hydrogens is 341 g/mol. The molecule has 0 aliphatic rings. The minimum absolute atomic E-state index is 0.144. The summed E-state index contributed by atoms with van der Waals surface area (Å²) < 4.78 is 67.8. The molecule has 1 atom stereocenters. The number of nitrogens with two attached hydrogens (primary N) is 1. The second kappa shape index (κ2) is 5.12. The molecule has 0 fully saturated rings. The van der Waals surface area contributed by atoms with Crippen molar-refractivity contribution < 1.29 is 31.8 Å². The molecule has 0 aliphatic heterocycles. The summed E-state index contributed by atoms with van der Waals surface area (Å²) in [5.74, 6) is -6.31. The maximum Gasteiger partial charge on any atom is 0.455 e. The Hall–Kier alpha value is -1.09. The summed E-state index contributed by atoms with van der Waals surface area (Å²) in [7, 11) is 1.12. The van der Waals surface area contributed by atoms with Crippen molar-refractivity contribution >= 4 is 15.9 Å². The predicted octanol–water partition coefficient (Wildman–Crippen LogP) is 3.36. The van der Waals surface area contributed by atoms with E-state index in [-0.39, 0.29) is 10.2 Å². The Balaban J connectivity index is 3.35. The average Bonchev–Trinajstić information content (AvgIpc) is 2.29. The van der Waals surface area contributed by atoms with Crippen molar-refractivity contribution in [2.45, 2.75) is 18.1 Å². The summed E-state index contributed by atoms with van der Waals surface area (Å²) >= 11 is 2.90. The first-order chi connectivity index (χ1) is 8.52. The minimum atomic E-state index is -5.82. The standard InChI is InChI=1S/C10H9BrF5NO2/c1-19-6-3-4(11)2-5(7(6)18)8(17)9(12,13)10(14,15)16/h2-3,8,18H,17H2,1H3/t8-/m1/s1. The van der Waals surface area contributed by atoms with Crippen molar-refractivity contribution in [2.75, 3.05) is 7.11 Å². The van der Waals surface area contributed by atoms with Crippen LogP contribution in [0.1, 0.15) is 11.6 Å². The van der Waals surface area contributed by atoms with Gasteiger partial charge in [0.2, 0.25) is 0 Å². The Morgan fingerprint density at radius 3 is 2.21 bits per heavy atom. The molecule has 1 aromatic rings. The molecule has 3 N–H and O–H groups in total. The molecule has 0 aliphatic carbocycles. The van der Waals surface area contributed by atoms with Gasteiger partial charge < -0.3 is 15.6 Å². The fourth-order valence-electron chi connectivity index (χ4n) is 1.36. The molecule has 9 heteroatoms. The third-order valence-corrected chi connectivity index (χ3v) is 2.85. The van der Waals surface area contributed by atoms with Crippen LogP contribution in [0.5, 0.6) is 11.5 Å². The van der Waals surface area contributed by atoms with Gasteiger partial charge in [0, 0.05) is 10.0 Å². The smallest absolute Gasteiger partial charge is 0.455 e. The largest absolute Gasteiger partial charge is 0.504 e. The van der Waals surface area contributed by atoms with Gasteiger partial charge in [-0.1, -0.05) is 15.9 Å². The molecule has 1 aromatic carbocycles. The zero-order valence-corrected chi connectivity index (χ0v) is 11.0. The van der Waals surface area contributed by atoms with Crippen molar-refractivity contribution in [1.29, 1.82) is 0 Å². The molecule has 0 unspecified atom stereocenters. The van der Waals surface area contributed by atoms with Gasteiger partial charge in [0.15, 0.2) is 11.5 Å². The first-order valence-corrected chi connectivity index (χ1v) is 5.58. The van der Waals surface area contributed by atoms with E-state index in [1.807, 2.05) is 0 Å². The number of phenolic OH excluding ortho intramolecular Hbond substituents is 1. The molecule has 108 valence electrons. The Bertz CT molecular complexity index is 478. The van der Waals surface area contributed by atoms with Crippen LogP contribution < -0.4 is 10.5 Å². The number of halogens is 6. The van der Waals surface area contributed by atoms with Crippen LogP contribution in [-0.2, 0) is 0 Å². The molecule has 0 saturated carbocycles. The molecule has 0 amide bonds. The monoisotopic (exact) mass is 349 g/mol. The molecule has 0 heterocycles. The number of hydrogen-bond acceptors (Lipinski definition) is 3. The number of benzene rings is 1. The SMILES string of the molecule is COc1cc(Br)cc([C@@H](N)C(F)(F)C(F)(F)F)c1O. The van der Waals surface area contributed by atoms with Crippen LogP contribution in [0.2, 0.25) is 0 Å². The molecule has 0 saturated heterocycles. The van der Waals surface area contributed by atoms with Gasteiger partial charge in [-0.25, -0.2) is 0 Å².